The number of fused-ring (bicyclic) bond motifs is 1. The van der Waals surface area contributed by atoms with Crippen LogP contribution in [-0.4, -0.2) is 40.1 Å². The molecule has 33 heavy (non-hydrogen) atoms. The Morgan fingerprint density at radius 3 is 2.55 bits per heavy atom. The molecule has 0 radical (unpaired) electrons. The number of alkyl carbamates (subject to hydrolysis) is 1. The maximum absolute atomic E-state index is 15.3. The number of benzene rings is 1. The van der Waals surface area contributed by atoms with E-state index in [-0.39, 0.29) is 23.4 Å². The van der Waals surface area contributed by atoms with Crippen molar-refractivity contribution in [3.63, 3.8) is 0 Å². The molecule has 2 aliphatic rings. The predicted octanol–water partition coefficient (Wildman–Crippen LogP) is 2.40. The van der Waals surface area contributed by atoms with E-state index in [0.29, 0.717) is 34.5 Å². The van der Waals surface area contributed by atoms with Gasteiger partial charge in [0, 0.05) is 30.7 Å². The number of rotatable bonds is 4. The second-order valence-electron chi connectivity index (χ2n) is 10.2. The van der Waals surface area contributed by atoms with Gasteiger partial charge in [0.2, 0.25) is 0 Å². The van der Waals surface area contributed by atoms with Crippen LogP contribution in [0.15, 0.2) is 15.7 Å². The number of nitrogen functional groups attached to an aromatic ring is 1. The standard InChI is InChI=1S/C23H32FN5O4/c1-12-18-16(20(30)29(25)22(32)28(18)15-6-7-15)10-17(24)19(12)27-9-8-14(11-27)13(2)26-21(31)33-23(3,4)5/h10,13-15H,6-9,11,25H2,1-5H3,(H,26,31)/t13-,14+/m0/s1. The lowest BCUT2D eigenvalue weighted by atomic mass is 10.0. The van der Waals surface area contributed by atoms with Crippen LogP contribution in [0.2, 0.25) is 0 Å². The number of hydrogen-bond donors (Lipinski definition) is 2. The highest BCUT2D eigenvalue weighted by atomic mass is 19.1. The maximum Gasteiger partial charge on any atom is 0.407 e. The number of nitrogens with zero attached hydrogens (tertiary/aromatic N) is 3. The molecule has 0 spiro atoms. The van der Waals surface area contributed by atoms with Gasteiger partial charge in [-0.2, -0.15) is 4.68 Å². The van der Waals surface area contributed by atoms with Crippen molar-refractivity contribution in [2.24, 2.45) is 5.92 Å². The van der Waals surface area contributed by atoms with Gasteiger partial charge in [-0.3, -0.25) is 9.36 Å². The summed E-state index contributed by atoms with van der Waals surface area (Å²) in [6, 6.07) is 0.997. The van der Waals surface area contributed by atoms with Gasteiger partial charge >= 0.3 is 11.8 Å². The topological polar surface area (TPSA) is 112 Å². The Morgan fingerprint density at radius 1 is 1.27 bits per heavy atom. The summed E-state index contributed by atoms with van der Waals surface area (Å²) in [4.78, 5) is 39.4. The first-order valence-corrected chi connectivity index (χ1v) is 11.4. The summed E-state index contributed by atoms with van der Waals surface area (Å²) in [7, 11) is 0. The highest BCUT2D eigenvalue weighted by Gasteiger charge is 2.34. The quantitative estimate of drug-likeness (QED) is 0.677. The van der Waals surface area contributed by atoms with Crippen LogP contribution in [0, 0.1) is 18.7 Å². The zero-order valence-corrected chi connectivity index (χ0v) is 19.8. The van der Waals surface area contributed by atoms with Crippen LogP contribution in [0.3, 0.4) is 0 Å². The van der Waals surface area contributed by atoms with E-state index in [1.807, 2.05) is 11.8 Å². The van der Waals surface area contributed by atoms with E-state index in [2.05, 4.69) is 5.32 Å². The van der Waals surface area contributed by atoms with Crippen molar-refractivity contribution >= 4 is 22.7 Å². The first kappa shape index (κ1) is 23.1. The Hall–Kier alpha value is -3.04. The van der Waals surface area contributed by atoms with Gasteiger partial charge in [0.05, 0.1) is 16.6 Å². The second-order valence-corrected chi connectivity index (χ2v) is 10.2. The lowest BCUT2D eigenvalue weighted by Gasteiger charge is -2.26. The lowest BCUT2D eigenvalue weighted by Crippen LogP contribution is -2.45. The average molecular weight is 462 g/mol. The van der Waals surface area contributed by atoms with Crippen LogP contribution in [0.4, 0.5) is 14.9 Å². The summed E-state index contributed by atoms with van der Waals surface area (Å²) in [6.45, 7) is 10.2. The van der Waals surface area contributed by atoms with Crippen LogP contribution in [0.1, 0.15) is 58.6 Å². The summed E-state index contributed by atoms with van der Waals surface area (Å²) in [5.41, 5.74) is -0.470. The van der Waals surface area contributed by atoms with Gasteiger partial charge in [-0.25, -0.2) is 14.0 Å². The molecule has 0 bridgehead atoms. The van der Waals surface area contributed by atoms with E-state index in [1.54, 1.807) is 27.7 Å². The summed E-state index contributed by atoms with van der Waals surface area (Å²) >= 11 is 0. The van der Waals surface area contributed by atoms with Crippen LogP contribution >= 0.6 is 0 Å². The number of nitrogens with two attached hydrogens (primary N) is 1. The van der Waals surface area contributed by atoms with Gasteiger partial charge in [-0.1, -0.05) is 0 Å². The lowest BCUT2D eigenvalue weighted by molar-refractivity contribution is 0.0494. The van der Waals surface area contributed by atoms with Gasteiger partial charge in [-0.05, 0) is 65.9 Å². The number of halogens is 1. The predicted molar refractivity (Wildman–Crippen MR) is 125 cm³/mol. The molecule has 1 saturated carbocycles. The maximum atomic E-state index is 15.3. The first-order chi connectivity index (χ1) is 15.4. The molecule has 3 N–H and O–H groups in total. The normalized spacial score (nSPS) is 19.7. The molecule has 2 fully saturated rings. The minimum atomic E-state index is -0.699. The SMILES string of the molecule is Cc1c(N2CC[C@@H]([C@H](C)NC(=O)OC(C)(C)C)C2)c(F)cc2c(=O)n(N)c(=O)n(C3CC3)c12. The number of ether oxygens (including phenoxy) is 1. The molecule has 2 heterocycles. The number of carbonyl (C=O) groups excluding carboxylic acids is 1. The minimum absolute atomic E-state index is 0.0308. The average Bonchev–Trinajstić information content (AvgIpc) is 3.42. The highest BCUT2D eigenvalue weighted by Crippen LogP contribution is 2.39. The number of aromatic nitrogens is 2. The fourth-order valence-corrected chi connectivity index (χ4v) is 4.73. The van der Waals surface area contributed by atoms with E-state index in [1.165, 1.54) is 10.6 Å². The molecule has 9 nitrogen and oxygen atoms in total. The van der Waals surface area contributed by atoms with Crippen LogP contribution in [-0.2, 0) is 4.74 Å². The molecular weight excluding hydrogens is 429 g/mol. The minimum Gasteiger partial charge on any atom is -0.444 e. The number of nitrogens with one attached hydrogen (secondary N) is 1. The van der Waals surface area contributed by atoms with Gasteiger partial charge in [0.15, 0.2) is 0 Å². The Morgan fingerprint density at radius 2 is 1.94 bits per heavy atom. The van der Waals surface area contributed by atoms with Crippen molar-refractivity contribution < 1.29 is 13.9 Å². The molecule has 0 unspecified atom stereocenters. The van der Waals surface area contributed by atoms with Crippen molar-refractivity contribution in [2.75, 3.05) is 23.8 Å². The molecule has 1 saturated heterocycles. The molecule has 1 aliphatic carbocycles. The number of amides is 1. The van der Waals surface area contributed by atoms with Crippen molar-refractivity contribution in [3.8, 4) is 0 Å². The largest absolute Gasteiger partial charge is 0.444 e. The second kappa shape index (κ2) is 8.07. The van der Waals surface area contributed by atoms with E-state index in [9.17, 15) is 14.4 Å². The van der Waals surface area contributed by atoms with E-state index < -0.39 is 28.8 Å². The summed E-state index contributed by atoms with van der Waals surface area (Å²) in [5.74, 6) is 5.27. The van der Waals surface area contributed by atoms with E-state index in [4.69, 9.17) is 10.6 Å². The highest BCUT2D eigenvalue weighted by molar-refractivity contribution is 5.87. The van der Waals surface area contributed by atoms with Crippen molar-refractivity contribution in [3.05, 3.63) is 38.3 Å². The first-order valence-electron chi connectivity index (χ1n) is 11.4. The third kappa shape index (κ3) is 4.30. The molecule has 1 amide bonds. The van der Waals surface area contributed by atoms with E-state index in [0.717, 1.165) is 19.3 Å². The van der Waals surface area contributed by atoms with Crippen molar-refractivity contribution in [1.29, 1.82) is 0 Å². The third-order valence-electron chi connectivity index (χ3n) is 6.47. The molecule has 1 aromatic carbocycles. The number of aryl methyl sites for hydroxylation is 1. The number of hydrogen-bond acceptors (Lipinski definition) is 6. The Balaban J connectivity index is 1.65. The summed E-state index contributed by atoms with van der Waals surface area (Å²) in [6.07, 6.45) is 1.92. The smallest absolute Gasteiger partial charge is 0.407 e. The number of carbonyl (C=O) groups is 1. The van der Waals surface area contributed by atoms with Gasteiger partial charge in [0.1, 0.15) is 11.4 Å². The molecule has 4 rings (SSSR count). The summed E-state index contributed by atoms with van der Waals surface area (Å²) in [5, 5.41) is 2.99. The zero-order chi connectivity index (χ0) is 24.2. The van der Waals surface area contributed by atoms with Crippen LogP contribution in [0.5, 0.6) is 0 Å². The molecule has 2 atom stereocenters. The zero-order valence-electron chi connectivity index (χ0n) is 19.8. The van der Waals surface area contributed by atoms with Gasteiger partial charge in [0.25, 0.3) is 5.56 Å². The molecule has 180 valence electrons. The Labute approximate surface area is 191 Å². The van der Waals surface area contributed by atoms with Crippen LogP contribution < -0.4 is 27.3 Å². The summed E-state index contributed by atoms with van der Waals surface area (Å²) < 4.78 is 22.8. The van der Waals surface area contributed by atoms with Gasteiger partial charge in [-0.15, -0.1) is 0 Å². The molecule has 10 heteroatoms. The fraction of sp³-hybridized carbons (Fsp3) is 0.609. The monoisotopic (exact) mass is 461 g/mol. The van der Waals surface area contributed by atoms with Crippen molar-refractivity contribution in [2.45, 2.75) is 71.6 Å². The van der Waals surface area contributed by atoms with Crippen molar-refractivity contribution in [1.82, 2.24) is 14.6 Å². The Kier molecular flexibility index (Phi) is 5.66. The number of anilines is 1. The Bertz CT molecular complexity index is 1220. The third-order valence-corrected chi connectivity index (χ3v) is 6.47. The molecule has 1 aliphatic heterocycles. The fourth-order valence-electron chi connectivity index (χ4n) is 4.73. The van der Waals surface area contributed by atoms with Crippen LogP contribution in [0.25, 0.3) is 10.9 Å². The molecule has 2 aromatic rings. The van der Waals surface area contributed by atoms with E-state index >= 15 is 4.39 Å². The molecular formula is C23H32FN5O4. The molecule has 1 aromatic heterocycles. The van der Waals surface area contributed by atoms with Gasteiger partial charge < -0.3 is 20.8 Å².